The van der Waals surface area contributed by atoms with E-state index in [2.05, 4.69) is 52.4 Å². The van der Waals surface area contributed by atoms with Crippen LogP contribution in [-0.2, 0) is 17.9 Å². The Bertz CT molecular complexity index is 658. The Balaban J connectivity index is 1.97. The molecule has 0 saturated carbocycles. The molecule has 0 atom stereocenters. The van der Waals surface area contributed by atoms with Crippen molar-refractivity contribution < 1.29 is 13.9 Å². The molecule has 1 amide bonds. The average Bonchev–Trinajstić information content (AvgIpc) is 2.62. The number of carbonyl (C=O) groups excluding carboxylic acids is 1. The maximum atomic E-state index is 12.1. The van der Waals surface area contributed by atoms with Crippen LogP contribution in [0, 0.1) is 0 Å². The molecule has 4 heteroatoms. The van der Waals surface area contributed by atoms with Crippen LogP contribution in [0.15, 0.2) is 61.7 Å². The van der Waals surface area contributed by atoms with E-state index in [9.17, 15) is 4.79 Å². The monoisotopic (exact) mass is 325 g/mol. The molecule has 0 aliphatic rings. The molecule has 0 aliphatic carbocycles. The Morgan fingerprint density at radius 2 is 1.50 bits per heavy atom. The lowest BCUT2D eigenvalue weighted by Gasteiger charge is -2.17. The minimum atomic E-state index is 0.214. The predicted octanol–water partition coefficient (Wildman–Crippen LogP) is 2.37. The quantitative estimate of drug-likeness (QED) is 0.541. The Hall–Kier alpha value is -2.49. The van der Waals surface area contributed by atoms with Crippen molar-refractivity contribution in [3.05, 3.63) is 61.7 Å². The van der Waals surface area contributed by atoms with Crippen molar-refractivity contribution in [2.75, 3.05) is 13.1 Å². The first-order valence-corrected chi connectivity index (χ1v) is 8.55. The van der Waals surface area contributed by atoms with Crippen molar-refractivity contribution in [1.82, 2.24) is 4.90 Å². The van der Waals surface area contributed by atoms with Crippen LogP contribution >= 0.6 is 0 Å². The van der Waals surface area contributed by atoms with Gasteiger partial charge in [0.05, 0.1) is 6.42 Å². The third-order valence-corrected chi connectivity index (χ3v) is 4.16. The molecule has 0 N–H and O–H groups in total. The fourth-order valence-electron chi connectivity index (χ4n) is 2.68. The summed E-state index contributed by atoms with van der Waals surface area (Å²) in [6, 6.07) is 8.39. The summed E-state index contributed by atoms with van der Waals surface area (Å²) in [5.41, 5.74) is 2.36. The standard InChI is InChI=1S/C20H27N3O/c1-4-12-21-13-7-18(8-14-21)19-9-15-22(16-10-19)17-11-20(24)23(5-2)6-3/h4,7-10,13-16H,1,5-6,11-12,17H2,2-3H3/q+2. The molecule has 126 valence electrons. The fourth-order valence-corrected chi connectivity index (χ4v) is 2.68. The van der Waals surface area contributed by atoms with E-state index in [-0.39, 0.29) is 5.91 Å². The first kappa shape index (κ1) is 17.9. The van der Waals surface area contributed by atoms with Gasteiger partial charge >= 0.3 is 0 Å². The Kier molecular flexibility index (Phi) is 6.67. The molecule has 2 rings (SSSR count). The summed E-state index contributed by atoms with van der Waals surface area (Å²) >= 11 is 0. The zero-order valence-electron chi connectivity index (χ0n) is 14.7. The average molecular weight is 325 g/mol. The van der Waals surface area contributed by atoms with Crippen molar-refractivity contribution in [1.29, 1.82) is 0 Å². The van der Waals surface area contributed by atoms with Gasteiger partial charge in [0.25, 0.3) is 0 Å². The fraction of sp³-hybridized carbons (Fsp3) is 0.350. The van der Waals surface area contributed by atoms with Crippen LogP contribution in [0.2, 0.25) is 0 Å². The van der Waals surface area contributed by atoms with Gasteiger partial charge in [-0.2, -0.15) is 0 Å². The molecule has 0 fully saturated rings. The number of hydrogen-bond acceptors (Lipinski definition) is 1. The summed E-state index contributed by atoms with van der Waals surface area (Å²) in [6.07, 6.45) is 10.6. The number of allylic oxidation sites excluding steroid dienone is 1. The zero-order valence-corrected chi connectivity index (χ0v) is 14.7. The lowest BCUT2D eigenvalue weighted by Crippen LogP contribution is -2.38. The Morgan fingerprint density at radius 1 is 1.00 bits per heavy atom. The highest BCUT2D eigenvalue weighted by molar-refractivity contribution is 5.75. The van der Waals surface area contributed by atoms with E-state index in [1.54, 1.807) is 0 Å². The highest BCUT2D eigenvalue weighted by Gasteiger charge is 2.12. The SMILES string of the molecule is C=CC[n+]1ccc(-c2cc[n+](CCC(=O)N(CC)CC)cc2)cc1. The molecular weight excluding hydrogens is 298 g/mol. The molecule has 4 nitrogen and oxygen atoms in total. The lowest BCUT2D eigenvalue weighted by molar-refractivity contribution is -0.695. The van der Waals surface area contributed by atoms with Crippen LogP contribution in [0.3, 0.4) is 0 Å². The van der Waals surface area contributed by atoms with Gasteiger partial charge in [-0.05, 0) is 31.1 Å². The molecule has 24 heavy (non-hydrogen) atoms. The molecule has 2 aromatic rings. The summed E-state index contributed by atoms with van der Waals surface area (Å²) in [4.78, 5) is 13.9. The topological polar surface area (TPSA) is 28.1 Å². The van der Waals surface area contributed by atoms with Crippen LogP contribution in [0.5, 0.6) is 0 Å². The summed E-state index contributed by atoms with van der Waals surface area (Å²) < 4.78 is 4.14. The van der Waals surface area contributed by atoms with Gasteiger partial charge < -0.3 is 4.90 Å². The Morgan fingerprint density at radius 3 is 1.96 bits per heavy atom. The normalized spacial score (nSPS) is 10.4. The van der Waals surface area contributed by atoms with E-state index in [1.165, 1.54) is 11.1 Å². The van der Waals surface area contributed by atoms with Gasteiger partial charge in [0.2, 0.25) is 5.91 Å². The van der Waals surface area contributed by atoms with Crippen molar-refractivity contribution in [3.8, 4) is 11.1 Å². The number of aromatic nitrogens is 2. The van der Waals surface area contributed by atoms with Crippen LogP contribution < -0.4 is 9.13 Å². The van der Waals surface area contributed by atoms with E-state index in [1.807, 2.05) is 37.2 Å². The molecule has 0 unspecified atom stereocenters. The third kappa shape index (κ3) is 4.75. The molecule has 0 aliphatic heterocycles. The van der Waals surface area contributed by atoms with E-state index in [0.717, 1.165) is 19.6 Å². The number of amides is 1. The van der Waals surface area contributed by atoms with Crippen molar-refractivity contribution in [3.63, 3.8) is 0 Å². The summed E-state index contributed by atoms with van der Waals surface area (Å²) in [5, 5.41) is 0. The number of hydrogen-bond donors (Lipinski definition) is 0. The highest BCUT2D eigenvalue weighted by Crippen LogP contribution is 2.15. The van der Waals surface area contributed by atoms with Gasteiger partial charge in [-0.25, -0.2) is 9.13 Å². The number of nitrogens with zero attached hydrogens (tertiary/aromatic N) is 3. The van der Waals surface area contributed by atoms with Crippen molar-refractivity contribution in [2.24, 2.45) is 0 Å². The predicted molar refractivity (Wildman–Crippen MR) is 95.0 cm³/mol. The van der Waals surface area contributed by atoms with Gasteiger partial charge in [0.15, 0.2) is 37.9 Å². The van der Waals surface area contributed by atoms with Crippen LogP contribution in [0.1, 0.15) is 20.3 Å². The van der Waals surface area contributed by atoms with Crippen molar-refractivity contribution >= 4 is 5.91 Å². The molecule has 0 bridgehead atoms. The minimum absolute atomic E-state index is 0.214. The first-order valence-electron chi connectivity index (χ1n) is 8.55. The Labute approximate surface area is 144 Å². The summed E-state index contributed by atoms with van der Waals surface area (Å²) in [7, 11) is 0. The highest BCUT2D eigenvalue weighted by atomic mass is 16.2. The molecular formula is C20H27N3O+2. The molecule has 0 aromatic carbocycles. The second kappa shape index (κ2) is 8.96. The van der Waals surface area contributed by atoms with Gasteiger partial charge in [-0.1, -0.05) is 6.58 Å². The minimum Gasteiger partial charge on any atom is -0.343 e. The molecule has 0 saturated heterocycles. The van der Waals surface area contributed by atoms with E-state index in [4.69, 9.17) is 0 Å². The number of carbonyl (C=O) groups is 1. The van der Waals surface area contributed by atoms with Crippen molar-refractivity contribution in [2.45, 2.75) is 33.4 Å². The lowest BCUT2D eigenvalue weighted by atomic mass is 10.1. The van der Waals surface area contributed by atoms with Crippen LogP contribution in [-0.4, -0.2) is 23.9 Å². The maximum Gasteiger partial charge on any atom is 0.228 e. The smallest absolute Gasteiger partial charge is 0.228 e. The summed E-state index contributed by atoms with van der Waals surface area (Å²) in [6.45, 7) is 10.9. The van der Waals surface area contributed by atoms with Gasteiger partial charge in [0.1, 0.15) is 0 Å². The van der Waals surface area contributed by atoms with E-state index in [0.29, 0.717) is 13.0 Å². The van der Waals surface area contributed by atoms with Gasteiger partial charge in [0, 0.05) is 37.4 Å². The molecule has 0 spiro atoms. The van der Waals surface area contributed by atoms with Crippen LogP contribution in [0.4, 0.5) is 0 Å². The largest absolute Gasteiger partial charge is 0.343 e. The zero-order chi connectivity index (χ0) is 17.4. The third-order valence-electron chi connectivity index (χ3n) is 4.16. The molecule has 0 radical (unpaired) electrons. The molecule has 2 aromatic heterocycles. The number of rotatable bonds is 8. The van der Waals surface area contributed by atoms with E-state index >= 15 is 0 Å². The number of aryl methyl sites for hydroxylation is 1. The van der Waals surface area contributed by atoms with Gasteiger partial charge in [-0.3, -0.25) is 4.79 Å². The number of pyridine rings is 2. The summed E-state index contributed by atoms with van der Waals surface area (Å²) in [5.74, 6) is 0.214. The second-order valence-electron chi connectivity index (χ2n) is 5.71. The second-order valence-corrected chi connectivity index (χ2v) is 5.71. The first-order chi connectivity index (χ1) is 11.7. The maximum absolute atomic E-state index is 12.1. The molecule has 2 heterocycles. The van der Waals surface area contributed by atoms with E-state index < -0.39 is 0 Å². The van der Waals surface area contributed by atoms with Crippen LogP contribution in [0.25, 0.3) is 11.1 Å². The van der Waals surface area contributed by atoms with Gasteiger partial charge in [-0.15, -0.1) is 0 Å².